The first-order valence-corrected chi connectivity index (χ1v) is 5.89. The zero-order valence-electron chi connectivity index (χ0n) is 10.6. The number of aromatic nitrogens is 1. The summed E-state index contributed by atoms with van der Waals surface area (Å²) in [5.74, 6) is 1.25. The van der Waals surface area contributed by atoms with Crippen LogP contribution >= 0.6 is 0 Å². The molecule has 0 unspecified atom stereocenters. The van der Waals surface area contributed by atoms with Gasteiger partial charge >= 0.3 is 5.97 Å². The average molecular weight is 240 g/mol. The van der Waals surface area contributed by atoms with Gasteiger partial charge in [-0.2, -0.15) is 0 Å². The van der Waals surface area contributed by atoms with E-state index in [0.717, 1.165) is 24.5 Å². The van der Waals surface area contributed by atoms with Crippen molar-refractivity contribution in [3.8, 4) is 0 Å². The first kappa shape index (κ1) is 13.5. The van der Waals surface area contributed by atoms with Gasteiger partial charge in [0, 0.05) is 19.2 Å². The summed E-state index contributed by atoms with van der Waals surface area (Å²) in [6.45, 7) is 7.38. The number of rotatable bonds is 7. The molecule has 0 aliphatic rings. The van der Waals surface area contributed by atoms with E-state index in [4.69, 9.17) is 9.63 Å². The van der Waals surface area contributed by atoms with Crippen LogP contribution in [0.5, 0.6) is 0 Å². The molecule has 1 N–H and O–H groups in total. The van der Waals surface area contributed by atoms with E-state index in [2.05, 4.69) is 19.0 Å². The van der Waals surface area contributed by atoms with Crippen LogP contribution in [-0.2, 0) is 4.79 Å². The summed E-state index contributed by atoms with van der Waals surface area (Å²) < 4.78 is 5.02. The van der Waals surface area contributed by atoms with E-state index < -0.39 is 5.97 Å². The summed E-state index contributed by atoms with van der Waals surface area (Å²) >= 11 is 0. The molecule has 0 spiro atoms. The third kappa shape index (κ3) is 4.89. The van der Waals surface area contributed by atoms with Crippen LogP contribution in [0.25, 0.3) is 0 Å². The van der Waals surface area contributed by atoms with Crippen LogP contribution in [0.1, 0.15) is 32.4 Å². The molecule has 0 fully saturated rings. The fourth-order valence-corrected chi connectivity index (χ4v) is 1.49. The molecule has 0 amide bonds. The van der Waals surface area contributed by atoms with Crippen LogP contribution in [0.4, 0.5) is 5.82 Å². The largest absolute Gasteiger partial charge is 0.481 e. The first-order valence-electron chi connectivity index (χ1n) is 5.89. The zero-order valence-corrected chi connectivity index (χ0v) is 10.6. The summed E-state index contributed by atoms with van der Waals surface area (Å²) in [5, 5.41) is 12.7. The van der Waals surface area contributed by atoms with Gasteiger partial charge in [0.05, 0.1) is 6.42 Å². The van der Waals surface area contributed by atoms with Crippen LogP contribution in [0.3, 0.4) is 0 Å². The molecule has 5 nitrogen and oxygen atoms in total. The molecule has 0 aliphatic heterocycles. The maximum Gasteiger partial charge on any atom is 0.305 e. The summed E-state index contributed by atoms with van der Waals surface area (Å²) in [6, 6.07) is 1.84. The van der Waals surface area contributed by atoms with Gasteiger partial charge in [-0.25, -0.2) is 0 Å². The Morgan fingerprint density at radius 2 is 2.24 bits per heavy atom. The van der Waals surface area contributed by atoms with E-state index in [0.29, 0.717) is 12.5 Å². The summed E-state index contributed by atoms with van der Waals surface area (Å²) in [6.07, 6.45) is 1.12. The van der Waals surface area contributed by atoms with Crippen molar-refractivity contribution in [1.29, 1.82) is 0 Å². The lowest BCUT2D eigenvalue weighted by atomic mass is 10.1. The topological polar surface area (TPSA) is 66.6 Å². The SMILES string of the molecule is Cc1cc(N(CCC(=O)O)CCC(C)C)no1. The number of carboxylic acid groups (broad SMARTS) is 1. The molecule has 1 aromatic heterocycles. The number of carboxylic acids is 1. The standard InChI is InChI=1S/C12H20N2O3/c1-9(2)4-6-14(7-5-12(15)16)11-8-10(3)17-13-11/h8-9H,4-7H2,1-3H3,(H,15,16). The number of aryl methyl sites for hydroxylation is 1. The fourth-order valence-electron chi connectivity index (χ4n) is 1.49. The third-order valence-electron chi connectivity index (χ3n) is 2.51. The quantitative estimate of drug-likeness (QED) is 0.792. The first-order chi connectivity index (χ1) is 7.99. The molecule has 0 bridgehead atoms. The number of hydrogen-bond acceptors (Lipinski definition) is 4. The highest BCUT2D eigenvalue weighted by atomic mass is 16.5. The van der Waals surface area contributed by atoms with Crippen molar-refractivity contribution >= 4 is 11.8 Å². The number of hydrogen-bond donors (Lipinski definition) is 1. The van der Waals surface area contributed by atoms with E-state index in [1.165, 1.54) is 0 Å². The molecule has 1 rings (SSSR count). The molecule has 0 atom stereocenters. The van der Waals surface area contributed by atoms with E-state index in [1.807, 2.05) is 17.9 Å². The predicted octanol–water partition coefficient (Wildman–Crippen LogP) is 2.31. The van der Waals surface area contributed by atoms with E-state index in [9.17, 15) is 4.79 Å². The number of anilines is 1. The lowest BCUT2D eigenvalue weighted by Gasteiger charge is -2.21. The van der Waals surface area contributed by atoms with Gasteiger partial charge in [-0.15, -0.1) is 0 Å². The van der Waals surface area contributed by atoms with Crippen molar-refractivity contribution in [2.24, 2.45) is 5.92 Å². The Balaban J connectivity index is 2.61. The van der Waals surface area contributed by atoms with Gasteiger partial charge in [-0.3, -0.25) is 4.79 Å². The lowest BCUT2D eigenvalue weighted by Crippen LogP contribution is -2.28. The highest BCUT2D eigenvalue weighted by molar-refractivity contribution is 5.67. The van der Waals surface area contributed by atoms with Crippen molar-refractivity contribution in [2.75, 3.05) is 18.0 Å². The second-order valence-electron chi connectivity index (χ2n) is 4.61. The minimum Gasteiger partial charge on any atom is -0.481 e. The van der Waals surface area contributed by atoms with Crippen molar-refractivity contribution in [1.82, 2.24) is 5.16 Å². The van der Waals surface area contributed by atoms with E-state index >= 15 is 0 Å². The molecule has 0 saturated heterocycles. The molecule has 96 valence electrons. The molecule has 0 radical (unpaired) electrons. The molecule has 0 aliphatic carbocycles. The molecule has 17 heavy (non-hydrogen) atoms. The normalized spacial score (nSPS) is 10.8. The zero-order chi connectivity index (χ0) is 12.8. The molecular formula is C12H20N2O3. The van der Waals surface area contributed by atoms with Crippen LogP contribution in [0, 0.1) is 12.8 Å². The van der Waals surface area contributed by atoms with Gasteiger partial charge in [0.25, 0.3) is 0 Å². The Morgan fingerprint density at radius 1 is 1.53 bits per heavy atom. The number of nitrogens with zero attached hydrogens (tertiary/aromatic N) is 2. The summed E-state index contributed by atoms with van der Waals surface area (Å²) in [7, 11) is 0. The van der Waals surface area contributed by atoms with Gasteiger partial charge in [0.15, 0.2) is 5.82 Å². The second kappa shape index (κ2) is 6.27. The Morgan fingerprint density at radius 3 is 2.71 bits per heavy atom. The number of carbonyl (C=O) groups is 1. The second-order valence-corrected chi connectivity index (χ2v) is 4.61. The molecule has 5 heteroatoms. The third-order valence-corrected chi connectivity index (χ3v) is 2.51. The Bertz CT molecular complexity index is 360. The molecule has 0 aromatic carbocycles. The number of aliphatic carboxylic acids is 1. The van der Waals surface area contributed by atoms with E-state index in [-0.39, 0.29) is 6.42 Å². The smallest absolute Gasteiger partial charge is 0.305 e. The maximum absolute atomic E-state index is 10.6. The van der Waals surface area contributed by atoms with Crippen molar-refractivity contribution in [3.05, 3.63) is 11.8 Å². The summed E-state index contributed by atoms with van der Waals surface area (Å²) in [4.78, 5) is 12.6. The van der Waals surface area contributed by atoms with Gasteiger partial charge in [0.2, 0.25) is 0 Å². The molecular weight excluding hydrogens is 220 g/mol. The fraction of sp³-hybridized carbons (Fsp3) is 0.667. The minimum absolute atomic E-state index is 0.115. The summed E-state index contributed by atoms with van der Waals surface area (Å²) in [5.41, 5.74) is 0. The predicted molar refractivity (Wildman–Crippen MR) is 65.2 cm³/mol. The van der Waals surface area contributed by atoms with Crippen LogP contribution in [0.2, 0.25) is 0 Å². The van der Waals surface area contributed by atoms with Crippen molar-refractivity contribution in [2.45, 2.75) is 33.6 Å². The molecule has 0 saturated carbocycles. The Kier molecular flexibility index (Phi) is 5.00. The van der Waals surface area contributed by atoms with Crippen molar-refractivity contribution < 1.29 is 14.4 Å². The minimum atomic E-state index is -0.792. The van der Waals surface area contributed by atoms with Gasteiger partial charge in [-0.1, -0.05) is 19.0 Å². The van der Waals surface area contributed by atoms with E-state index in [1.54, 1.807) is 0 Å². The Labute approximate surface area is 101 Å². The van der Waals surface area contributed by atoms with Gasteiger partial charge in [0.1, 0.15) is 5.76 Å². The van der Waals surface area contributed by atoms with Crippen LogP contribution in [-0.4, -0.2) is 29.3 Å². The maximum atomic E-state index is 10.6. The molecule has 1 heterocycles. The highest BCUT2D eigenvalue weighted by Gasteiger charge is 2.13. The molecule has 1 aromatic rings. The highest BCUT2D eigenvalue weighted by Crippen LogP contribution is 2.15. The lowest BCUT2D eigenvalue weighted by molar-refractivity contribution is -0.136. The van der Waals surface area contributed by atoms with Gasteiger partial charge < -0.3 is 14.5 Å². The van der Waals surface area contributed by atoms with Crippen LogP contribution < -0.4 is 4.90 Å². The van der Waals surface area contributed by atoms with Crippen molar-refractivity contribution in [3.63, 3.8) is 0 Å². The van der Waals surface area contributed by atoms with Gasteiger partial charge in [-0.05, 0) is 19.3 Å². The van der Waals surface area contributed by atoms with Crippen LogP contribution in [0.15, 0.2) is 10.6 Å². The monoisotopic (exact) mass is 240 g/mol. The average Bonchev–Trinajstić information content (AvgIpc) is 2.64. The Hall–Kier alpha value is -1.52.